The fourth-order valence-electron chi connectivity index (χ4n) is 3.20. The van der Waals surface area contributed by atoms with Gasteiger partial charge in [-0.05, 0) is 11.5 Å². The summed E-state index contributed by atoms with van der Waals surface area (Å²) in [6.45, 7) is 4.90. The second-order valence-electron chi connectivity index (χ2n) is 6.60. The molecule has 0 aliphatic rings. The molecule has 3 aromatic carbocycles. The third-order valence-electron chi connectivity index (χ3n) is 4.37. The van der Waals surface area contributed by atoms with Crippen molar-refractivity contribution in [2.24, 2.45) is 0 Å². The summed E-state index contributed by atoms with van der Waals surface area (Å²) >= 11 is 0. The molecule has 0 atom stereocenters. The van der Waals surface area contributed by atoms with E-state index in [9.17, 15) is 0 Å². The van der Waals surface area contributed by atoms with Gasteiger partial charge >= 0.3 is 0 Å². The van der Waals surface area contributed by atoms with Crippen molar-refractivity contribution < 1.29 is 0 Å². The molecule has 0 N–H and O–H groups in total. The van der Waals surface area contributed by atoms with Crippen molar-refractivity contribution in [3.8, 4) is 0 Å². The maximum Gasteiger partial charge on any atom is 0.101 e. The van der Waals surface area contributed by atoms with Gasteiger partial charge in [-0.3, -0.25) is 0 Å². The van der Waals surface area contributed by atoms with Crippen molar-refractivity contribution in [3.63, 3.8) is 0 Å². The fraction of sp³-hybridized carbons (Fsp3) is 0.200. The first-order chi connectivity index (χ1) is 10.6. The Morgan fingerprint density at radius 2 is 1.41 bits per heavy atom. The number of hydrogen-bond acceptors (Lipinski definition) is 1. The van der Waals surface area contributed by atoms with Crippen LogP contribution in [0.1, 0.15) is 0 Å². The summed E-state index contributed by atoms with van der Waals surface area (Å²) < 4.78 is 0. The molecule has 0 unspecified atom stereocenters. The van der Waals surface area contributed by atoms with Crippen molar-refractivity contribution in [2.45, 2.75) is 13.1 Å². The van der Waals surface area contributed by atoms with Crippen LogP contribution in [0.5, 0.6) is 0 Å². The highest BCUT2D eigenvalue weighted by Crippen LogP contribution is 2.26. The van der Waals surface area contributed by atoms with Crippen LogP contribution >= 0.6 is 0 Å². The van der Waals surface area contributed by atoms with Gasteiger partial charge in [-0.1, -0.05) is 85.0 Å². The zero-order chi connectivity index (χ0) is 15.6. The van der Waals surface area contributed by atoms with Gasteiger partial charge in [0, 0.05) is 24.3 Å². The number of anilines is 1. The zero-order valence-corrected chi connectivity index (χ0v) is 14.6. The van der Waals surface area contributed by atoms with Crippen molar-refractivity contribution in [3.05, 3.63) is 72.8 Å². The van der Waals surface area contributed by atoms with Gasteiger partial charge in [0.2, 0.25) is 0 Å². The van der Waals surface area contributed by atoms with E-state index in [1.54, 1.807) is 0 Å². The number of nitrogens with zero attached hydrogens (tertiary/aromatic N) is 1. The van der Waals surface area contributed by atoms with Crippen LogP contribution in [0, 0.1) is 0 Å². The summed E-state index contributed by atoms with van der Waals surface area (Å²) in [5, 5.41) is 4.17. The number of rotatable bonds is 4. The van der Waals surface area contributed by atoms with E-state index in [2.05, 4.69) is 97.8 Å². The summed E-state index contributed by atoms with van der Waals surface area (Å²) in [5.74, 6) is 0. The molecule has 0 aromatic heterocycles. The standard InChI is InChI=1S/C20H23NSi/c1-21(16-22(2,3)18-12-5-4-6-13-18)20-15-9-11-17-10-7-8-14-19(17)20/h4-15H,16H2,1-3H3. The van der Waals surface area contributed by atoms with Gasteiger partial charge < -0.3 is 4.90 Å². The van der Waals surface area contributed by atoms with E-state index in [0.717, 1.165) is 6.17 Å². The molecule has 22 heavy (non-hydrogen) atoms. The Morgan fingerprint density at radius 3 is 2.18 bits per heavy atom. The maximum atomic E-state index is 2.45. The van der Waals surface area contributed by atoms with Crippen LogP contribution in [-0.4, -0.2) is 21.3 Å². The number of hydrogen-bond donors (Lipinski definition) is 0. The molecule has 3 aromatic rings. The lowest BCUT2D eigenvalue weighted by atomic mass is 10.1. The van der Waals surface area contributed by atoms with Crippen LogP contribution in [0.4, 0.5) is 5.69 Å². The molecule has 0 fully saturated rings. The lowest BCUT2D eigenvalue weighted by molar-refractivity contribution is 1.07. The van der Waals surface area contributed by atoms with E-state index >= 15 is 0 Å². The molecule has 2 heteroatoms. The molecule has 0 radical (unpaired) electrons. The van der Waals surface area contributed by atoms with Gasteiger partial charge in [0.05, 0.1) is 0 Å². The molecule has 112 valence electrons. The Morgan fingerprint density at radius 1 is 0.773 bits per heavy atom. The van der Waals surface area contributed by atoms with Crippen LogP contribution < -0.4 is 10.1 Å². The summed E-state index contributed by atoms with van der Waals surface area (Å²) in [6.07, 6.45) is 1.12. The van der Waals surface area contributed by atoms with Gasteiger partial charge in [0.1, 0.15) is 8.07 Å². The Labute approximate surface area is 134 Å². The number of benzene rings is 3. The Balaban J connectivity index is 1.92. The highest BCUT2D eigenvalue weighted by Gasteiger charge is 2.25. The normalized spacial score (nSPS) is 11.6. The molecule has 0 amide bonds. The second-order valence-corrected chi connectivity index (χ2v) is 11.3. The highest BCUT2D eigenvalue weighted by molar-refractivity contribution is 6.90. The van der Waals surface area contributed by atoms with Crippen LogP contribution in [0.25, 0.3) is 10.8 Å². The lowest BCUT2D eigenvalue weighted by Crippen LogP contribution is -2.51. The van der Waals surface area contributed by atoms with Crippen molar-refractivity contribution >= 4 is 29.7 Å². The molecule has 1 nitrogen and oxygen atoms in total. The topological polar surface area (TPSA) is 3.24 Å². The second kappa shape index (κ2) is 5.97. The van der Waals surface area contributed by atoms with E-state index in [4.69, 9.17) is 0 Å². The number of fused-ring (bicyclic) bond motifs is 1. The smallest absolute Gasteiger partial charge is 0.101 e. The van der Waals surface area contributed by atoms with Gasteiger partial charge in [-0.15, -0.1) is 0 Å². The molecular weight excluding hydrogens is 282 g/mol. The van der Waals surface area contributed by atoms with Crippen molar-refractivity contribution in [1.82, 2.24) is 0 Å². The largest absolute Gasteiger partial charge is 0.377 e. The summed E-state index contributed by atoms with van der Waals surface area (Å²) in [6, 6.07) is 26.2. The SMILES string of the molecule is CN(C[Si](C)(C)c1ccccc1)c1cccc2ccccc12. The zero-order valence-electron chi connectivity index (χ0n) is 13.6. The summed E-state index contributed by atoms with van der Waals surface area (Å²) in [4.78, 5) is 2.43. The molecule has 0 saturated heterocycles. The first-order valence-corrected chi connectivity index (χ1v) is 11.0. The molecule has 0 saturated carbocycles. The molecule has 0 heterocycles. The summed E-state index contributed by atoms with van der Waals surface area (Å²) in [5.41, 5.74) is 1.33. The molecule has 0 bridgehead atoms. The van der Waals surface area contributed by atoms with Crippen LogP contribution in [-0.2, 0) is 0 Å². The average molecular weight is 305 g/mol. The van der Waals surface area contributed by atoms with E-state index < -0.39 is 8.07 Å². The van der Waals surface area contributed by atoms with Gasteiger partial charge in [0.25, 0.3) is 0 Å². The van der Waals surface area contributed by atoms with Gasteiger partial charge in [-0.25, -0.2) is 0 Å². The Hall–Kier alpha value is -2.06. The molecule has 3 rings (SSSR count). The predicted molar refractivity (Wildman–Crippen MR) is 101 cm³/mol. The third kappa shape index (κ3) is 2.93. The average Bonchev–Trinajstić information content (AvgIpc) is 2.54. The maximum absolute atomic E-state index is 2.45. The monoisotopic (exact) mass is 305 g/mol. The highest BCUT2D eigenvalue weighted by atomic mass is 28.3. The third-order valence-corrected chi connectivity index (χ3v) is 7.53. The minimum atomic E-state index is -1.49. The van der Waals surface area contributed by atoms with E-state index in [0.29, 0.717) is 0 Å². The first-order valence-electron chi connectivity index (χ1n) is 7.82. The minimum absolute atomic E-state index is 1.12. The Bertz CT molecular complexity index is 760. The minimum Gasteiger partial charge on any atom is -0.377 e. The van der Waals surface area contributed by atoms with E-state index in [1.165, 1.54) is 21.6 Å². The van der Waals surface area contributed by atoms with E-state index in [-0.39, 0.29) is 0 Å². The van der Waals surface area contributed by atoms with E-state index in [1.807, 2.05) is 0 Å². The van der Waals surface area contributed by atoms with Crippen LogP contribution in [0.15, 0.2) is 72.8 Å². The molecular formula is C20H23NSi. The van der Waals surface area contributed by atoms with Crippen LogP contribution in [0.3, 0.4) is 0 Å². The summed E-state index contributed by atoms with van der Waals surface area (Å²) in [7, 11) is 0.735. The first kappa shape index (κ1) is 14.9. The van der Waals surface area contributed by atoms with Crippen molar-refractivity contribution in [1.29, 1.82) is 0 Å². The molecule has 0 spiro atoms. The Kier molecular flexibility index (Phi) is 4.03. The predicted octanol–water partition coefficient (Wildman–Crippen LogP) is 4.43. The lowest BCUT2D eigenvalue weighted by Gasteiger charge is -2.31. The molecule has 0 aliphatic carbocycles. The van der Waals surface area contributed by atoms with Gasteiger partial charge in [0.15, 0.2) is 0 Å². The fourth-order valence-corrected chi connectivity index (χ4v) is 5.83. The quantitative estimate of drug-likeness (QED) is 0.645. The molecule has 0 aliphatic heterocycles. The van der Waals surface area contributed by atoms with Crippen LogP contribution in [0.2, 0.25) is 13.1 Å². The van der Waals surface area contributed by atoms with Crippen molar-refractivity contribution in [2.75, 3.05) is 18.1 Å². The van der Waals surface area contributed by atoms with Gasteiger partial charge in [-0.2, -0.15) is 0 Å².